The van der Waals surface area contributed by atoms with Crippen LogP contribution in [0.25, 0.3) is 0 Å². The van der Waals surface area contributed by atoms with E-state index in [-0.39, 0.29) is 12.0 Å². The number of carbonyl (C=O) groups is 1. The van der Waals surface area contributed by atoms with Crippen molar-refractivity contribution in [3.05, 3.63) is 76.2 Å². The molecule has 2 rings (SSSR count). The molecule has 0 heterocycles. The highest BCUT2D eigenvalue weighted by Gasteiger charge is 2.12. The van der Waals surface area contributed by atoms with Crippen LogP contribution in [0.1, 0.15) is 35.9 Å². The zero-order chi connectivity index (χ0) is 20.0. The third-order valence-corrected chi connectivity index (χ3v) is 4.74. The van der Waals surface area contributed by atoms with Gasteiger partial charge >= 0.3 is 0 Å². The van der Waals surface area contributed by atoms with Gasteiger partial charge in [0, 0.05) is 33.9 Å². The van der Waals surface area contributed by atoms with Crippen LogP contribution in [0.4, 0.5) is 0 Å². The SMILES string of the molecule is C[C@H](/C=C/S(C)(=O)=O)NC(=O)c1ccc(O[C@@H](C)c2ccccc2Cl)cc1. The molecule has 0 spiro atoms. The summed E-state index contributed by atoms with van der Waals surface area (Å²) in [7, 11) is -3.22. The average molecular weight is 408 g/mol. The van der Waals surface area contributed by atoms with Gasteiger partial charge in [-0.15, -0.1) is 0 Å². The van der Waals surface area contributed by atoms with Gasteiger partial charge < -0.3 is 10.1 Å². The van der Waals surface area contributed by atoms with Gasteiger partial charge in [0.05, 0.1) is 0 Å². The van der Waals surface area contributed by atoms with E-state index in [0.29, 0.717) is 16.3 Å². The predicted molar refractivity (Wildman–Crippen MR) is 108 cm³/mol. The predicted octanol–water partition coefficient (Wildman–Crippen LogP) is 4.16. The van der Waals surface area contributed by atoms with Crippen LogP contribution in [0.3, 0.4) is 0 Å². The molecule has 0 radical (unpaired) electrons. The Labute approximate surface area is 164 Å². The van der Waals surface area contributed by atoms with Crippen LogP contribution in [-0.4, -0.2) is 26.6 Å². The molecule has 7 heteroatoms. The van der Waals surface area contributed by atoms with Gasteiger partial charge in [-0.1, -0.05) is 35.9 Å². The molecule has 144 valence electrons. The molecule has 2 aromatic rings. The molecule has 1 N–H and O–H groups in total. The number of halogens is 1. The van der Waals surface area contributed by atoms with Crippen LogP contribution >= 0.6 is 11.6 Å². The summed E-state index contributed by atoms with van der Waals surface area (Å²) in [6.45, 7) is 3.60. The number of rotatable bonds is 7. The zero-order valence-corrected chi connectivity index (χ0v) is 16.9. The van der Waals surface area contributed by atoms with E-state index in [1.54, 1.807) is 31.2 Å². The van der Waals surface area contributed by atoms with E-state index in [4.69, 9.17) is 16.3 Å². The molecule has 0 saturated carbocycles. The van der Waals surface area contributed by atoms with E-state index in [1.807, 2.05) is 31.2 Å². The number of hydrogen-bond donors (Lipinski definition) is 1. The molecule has 5 nitrogen and oxygen atoms in total. The maximum Gasteiger partial charge on any atom is 0.251 e. The monoisotopic (exact) mass is 407 g/mol. The molecular weight excluding hydrogens is 386 g/mol. The first kappa shape index (κ1) is 21.0. The topological polar surface area (TPSA) is 72.5 Å². The van der Waals surface area contributed by atoms with E-state index in [9.17, 15) is 13.2 Å². The normalized spacial score (nSPS) is 13.9. The third-order valence-electron chi connectivity index (χ3n) is 3.75. The second-order valence-electron chi connectivity index (χ2n) is 6.23. The molecule has 0 bridgehead atoms. The fraction of sp³-hybridized carbons (Fsp3) is 0.250. The lowest BCUT2D eigenvalue weighted by atomic mass is 10.1. The first-order chi connectivity index (χ1) is 12.7. The van der Waals surface area contributed by atoms with Crippen molar-refractivity contribution in [3.63, 3.8) is 0 Å². The number of carbonyl (C=O) groups excluding carboxylic acids is 1. The van der Waals surface area contributed by atoms with Gasteiger partial charge in [-0.05, 0) is 44.2 Å². The summed E-state index contributed by atoms with van der Waals surface area (Å²) in [5, 5.41) is 4.42. The van der Waals surface area contributed by atoms with E-state index in [2.05, 4.69) is 5.32 Å². The molecular formula is C20H22ClNO4S. The van der Waals surface area contributed by atoms with Gasteiger partial charge in [0.25, 0.3) is 5.91 Å². The van der Waals surface area contributed by atoms with Crippen LogP contribution in [0, 0.1) is 0 Å². The Kier molecular flexibility index (Phi) is 7.05. The zero-order valence-electron chi connectivity index (χ0n) is 15.3. The van der Waals surface area contributed by atoms with Crippen molar-refractivity contribution in [2.75, 3.05) is 6.26 Å². The summed E-state index contributed by atoms with van der Waals surface area (Å²) in [6, 6.07) is 13.8. The van der Waals surface area contributed by atoms with Gasteiger partial charge in [0.15, 0.2) is 9.84 Å². The highest BCUT2D eigenvalue weighted by Crippen LogP contribution is 2.27. The summed E-state index contributed by atoms with van der Waals surface area (Å²) in [4.78, 5) is 12.2. The quantitative estimate of drug-likeness (QED) is 0.748. The Bertz CT molecular complexity index is 923. The molecule has 27 heavy (non-hydrogen) atoms. The highest BCUT2D eigenvalue weighted by molar-refractivity contribution is 7.93. The van der Waals surface area contributed by atoms with Crippen molar-refractivity contribution in [3.8, 4) is 5.75 Å². The summed E-state index contributed by atoms with van der Waals surface area (Å²) >= 11 is 6.18. The smallest absolute Gasteiger partial charge is 0.251 e. The fourth-order valence-electron chi connectivity index (χ4n) is 2.36. The standard InChI is InChI=1S/C20H22ClNO4S/c1-14(12-13-27(3,24)25)22-20(23)16-8-10-17(11-9-16)26-15(2)18-6-4-5-7-19(18)21/h4-15H,1-3H3,(H,22,23)/b13-12+/t14-,15+/m1/s1. The van der Waals surface area contributed by atoms with Crippen LogP contribution in [-0.2, 0) is 9.84 Å². The summed E-state index contributed by atoms with van der Waals surface area (Å²) < 4.78 is 28.1. The second-order valence-corrected chi connectivity index (χ2v) is 8.56. The minimum absolute atomic E-state index is 0.237. The number of amides is 1. The van der Waals surface area contributed by atoms with Crippen molar-refractivity contribution in [2.45, 2.75) is 26.0 Å². The maximum absolute atomic E-state index is 12.2. The molecule has 0 unspecified atom stereocenters. The summed E-state index contributed by atoms with van der Waals surface area (Å²) in [5.41, 5.74) is 1.33. The van der Waals surface area contributed by atoms with Crippen LogP contribution < -0.4 is 10.1 Å². The molecule has 0 saturated heterocycles. The molecule has 1 amide bonds. The fourth-order valence-corrected chi connectivity index (χ4v) is 3.17. The van der Waals surface area contributed by atoms with Crippen LogP contribution in [0.15, 0.2) is 60.0 Å². The highest BCUT2D eigenvalue weighted by atomic mass is 35.5. The first-order valence-electron chi connectivity index (χ1n) is 8.36. The van der Waals surface area contributed by atoms with E-state index >= 15 is 0 Å². The van der Waals surface area contributed by atoms with Crippen molar-refractivity contribution in [1.29, 1.82) is 0 Å². The largest absolute Gasteiger partial charge is 0.486 e. The van der Waals surface area contributed by atoms with Gasteiger partial charge in [-0.2, -0.15) is 0 Å². The first-order valence-corrected chi connectivity index (χ1v) is 10.7. The van der Waals surface area contributed by atoms with Gasteiger partial charge in [0.2, 0.25) is 0 Å². The lowest BCUT2D eigenvalue weighted by Crippen LogP contribution is -2.31. The maximum atomic E-state index is 12.2. The Morgan fingerprint density at radius 1 is 1.11 bits per heavy atom. The molecule has 2 aromatic carbocycles. The number of sulfone groups is 1. The molecule has 0 aliphatic heterocycles. The Morgan fingerprint density at radius 2 is 1.74 bits per heavy atom. The summed E-state index contributed by atoms with van der Waals surface area (Å²) in [5.74, 6) is 0.315. The van der Waals surface area contributed by atoms with Crippen molar-refractivity contribution >= 4 is 27.3 Å². The average Bonchev–Trinajstić information content (AvgIpc) is 2.60. The molecule has 0 fully saturated rings. The van der Waals surface area contributed by atoms with Gasteiger partial charge in [-0.25, -0.2) is 8.42 Å². The molecule has 2 atom stereocenters. The number of hydrogen-bond acceptors (Lipinski definition) is 4. The Balaban J connectivity index is 1.99. The van der Waals surface area contributed by atoms with Gasteiger partial charge in [-0.3, -0.25) is 4.79 Å². The van der Waals surface area contributed by atoms with Crippen molar-refractivity contribution in [1.82, 2.24) is 5.32 Å². The summed E-state index contributed by atoms with van der Waals surface area (Å²) in [6.07, 6.45) is 2.29. The second kappa shape index (κ2) is 9.06. The minimum atomic E-state index is -3.22. The van der Waals surface area contributed by atoms with Crippen LogP contribution in [0.5, 0.6) is 5.75 Å². The van der Waals surface area contributed by atoms with Crippen LogP contribution in [0.2, 0.25) is 5.02 Å². The molecule has 0 aliphatic rings. The van der Waals surface area contributed by atoms with Crippen molar-refractivity contribution < 1.29 is 17.9 Å². The van der Waals surface area contributed by atoms with Gasteiger partial charge in [0.1, 0.15) is 11.9 Å². The van der Waals surface area contributed by atoms with E-state index in [0.717, 1.165) is 17.2 Å². The molecule has 0 aliphatic carbocycles. The lowest BCUT2D eigenvalue weighted by molar-refractivity contribution is 0.0947. The Hall–Kier alpha value is -2.31. The molecule has 0 aromatic heterocycles. The number of benzene rings is 2. The Morgan fingerprint density at radius 3 is 2.33 bits per heavy atom. The lowest BCUT2D eigenvalue weighted by Gasteiger charge is -2.16. The van der Waals surface area contributed by atoms with E-state index < -0.39 is 15.9 Å². The third kappa shape index (κ3) is 6.73. The number of nitrogens with one attached hydrogen (secondary N) is 1. The minimum Gasteiger partial charge on any atom is -0.486 e. The number of ether oxygens (including phenoxy) is 1. The van der Waals surface area contributed by atoms with E-state index in [1.165, 1.54) is 6.08 Å². The van der Waals surface area contributed by atoms with Crippen molar-refractivity contribution in [2.24, 2.45) is 0 Å².